The third-order valence-corrected chi connectivity index (χ3v) is 3.24. The van der Waals surface area contributed by atoms with Gasteiger partial charge in [-0.25, -0.2) is 9.18 Å². The largest absolute Gasteiger partial charge is 0.394 e. The molecule has 2 amide bonds. The first-order valence-corrected chi connectivity index (χ1v) is 6.11. The summed E-state index contributed by atoms with van der Waals surface area (Å²) >= 11 is 0. The number of carbonyl (C=O) groups is 1. The monoisotopic (exact) mass is 252 g/mol. The topological polar surface area (TPSA) is 52.6 Å². The van der Waals surface area contributed by atoms with Crippen molar-refractivity contribution in [3.05, 3.63) is 35.6 Å². The number of likely N-dealkylation sites (tertiary alicyclic amines) is 1. The van der Waals surface area contributed by atoms with Crippen molar-refractivity contribution in [3.63, 3.8) is 0 Å². The highest BCUT2D eigenvalue weighted by Gasteiger charge is 2.27. The number of urea groups is 1. The molecule has 4 nitrogen and oxygen atoms in total. The first-order chi connectivity index (χ1) is 8.72. The zero-order valence-electron chi connectivity index (χ0n) is 10.1. The number of amides is 2. The molecule has 2 N–H and O–H groups in total. The summed E-state index contributed by atoms with van der Waals surface area (Å²) in [6.45, 7) is 0.793. The van der Waals surface area contributed by atoms with E-state index < -0.39 is 0 Å². The van der Waals surface area contributed by atoms with Crippen molar-refractivity contribution in [1.29, 1.82) is 0 Å². The molecular formula is C13H17FN2O2. The molecule has 2 rings (SSSR count). The Bertz CT molecular complexity index is 425. The Morgan fingerprint density at radius 1 is 1.50 bits per heavy atom. The maximum absolute atomic E-state index is 13.4. The van der Waals surface area contributed by atoms with E-state index in [9.17, 15) is 9.18 Å². The quantitative estimate of drug-likeness (QED) is 0.856. The number of hydrogen-bond donors (Lipinski definition) is 2. The van der Waals surface area contributed by atoms with Crippen LogP contribution in [-0.2, 0) is 6.54 Å². The van der Waals surface area contributed by atoms with E-state index in [1.807, 2.05) is 0 Å². The minimum Gasteiger partial charge on any atom is -0.394 e. The van der Waals surface area contributed by atoms with Crippen molar-refractivity contribution in [3.8, 4) is 0 Å². The van der Waals surface area contributed by atoms with Gasteiger partial charge in [-0.2, -0.15) is 0 Å². The summed E-state index contributed by atoms with van der Waals surface area (Å²) in [5, 5.41) is 11.8. The lowest BCUT2D eigenvalue weighted by Crippen LogP contribution is -2.43. The molecule has 1 fully saturated rings. The molecule has 1 aliphatic heterocycles. The molecule has 0 unspecified atom stereocenters. The SMILES string of the molecule is O=C(NCc1ccccc1F)N1CCC[C@@H]1CO. The van der Waals surface area contributed by atoms with Crippen LogP contribution in [0.4, 0.5) is 9.18 Å². The van der Waals surface area contributed by atoms with Crippen LogP contribution >= 0.6 is 0 Å². The molecule has 0 aromatic heterocycles. The molecule has 1 aromatic carbocycles. The molecule has 5 heteroatoms. The maximum Gasteiger partial charge on any atom is 0.317 e. The molecule has 0 aliphatic carbocycles. The van der Waals surface area contributed by atoms with E-state index in [1.54, 1.807) is 23.1 Å². The summed E-state index contributed by atoms with van der Waals surface area (Å²) < 4.78 is 13.4. The molecule has 1 heterocycles. The molecule has 0 saturated carbocycles. The van der Waals surface area contributed by atoms with Crippen LogP contribution in [0.2, 0.25) is 0 Å². The highest BCUT2D eigenvalue weighted by atomic mass is 19.1. The van der Waals surface area contributed by atoms with Crippen LogP contribution in [-0.4, -0.2) is 35.2 Å². The summed E-state index contributed by atoms with van der Waals surface area (Å²) in [5.41, 5.74) is 0.464. The molecule has 0 spiro atoms. The van der Waals surface area contributed by atoms with Gasteiger partial charge in [0.25, 0.3) is 0 Å². The van der Waals surface area contributed by atoms with E-state index in [0.717, 1.165) is 12.8 Å². The molecule has 0 bridgehead atoms. The van der Waals surface area contributed by atoms with Gasteiger partial charge in [0.15, 0.2) is 0 Å². The number of benzene rings is 1. The van der Waals surface area contributed by atoms with Crippen LogP contribution in [0, 0.1) is 5.82 Å². The zero-order chi connectivity index (χ0) is 13.0. The van der Waals surface area contributed by atoms with Crippen LogP contribution in [0.3, 0.4) is 0 Å². The van der Waals surface area contributed by atoms with Gasteiger partial charge in [-0.15, -0.1) is 0 Å². The van der Waals surface area contributed by atoms with E-state index in [-0.39, 0.29) is 31.0 Å². The average molecular weight is 252 g/mol. The van der Waals surface area contributed by atoms with Crippen LogP contribution in [0.15, 0.2) is 24.3 Å². The van der Waals surface area contributed by atoms with Crippen LogP contribution in [0.5, 0.6) is 0 Å². The van der Waals surface area contributed by atoms with Gasteiger partial charge in [0, 0.05) is 18.7 Å². The lowest BCUT2D eigenvalue weighted by Gasteiger charge is -2.23. The summed E-state index contributed by atoms with van der Waals surface area (Å²) in [6, 6.07) is 6.01. The van der Waals surface area contributed by atoms with Gasteiger partial charge < -0.3 is 15.3 Å². The van der Waals surface area contributed by atoms with Gasteiger partial charge in [0.05, 0.1) is 12.6 Å². The first kappa shape index (κ1) is 12.8. The Balaban J connectivity index is 1.90. The smallest absolute Gasteiger partial charge is 0.317 e. The molecule has 1 aliphatic rings. The number of hydrogen-bond acceptors (Lipinski definition) is 2. The van der Waals surface area contributed by atoms with Crippen molar-refractivity contribution in [2.75, 3.05) is 13.2 Å². The van der Waals surface area contributed by atoms with E-state index in [1.165, 1.54) is 6.07 Å². The van der Waals surface area contributed by atoms with Gasteiger partial charge in [-0.3, -0.25) is 0 Å². The number of rotatable bonds is 3. The van der Waals surface area contributed by atoms with E-state index in [0.29, 0.717) is 12.1 Å². The van der Waals surface area contributed by atoms with Gasteiger partial charge >= 0.3 is 6.03 Å². The zero-order valence-corrected chi connectivity index (χ0v) is 10.1. The van der Waals surface area contributed by atoms with Crippen molar-refractivity contribution in [2.45, 2.75) is 25.4 Å². The normalized spacial score (nSPS) is 19.0. The molecular weight excluding hydrogens is 235 g/mol. The molecule has 98 valence electrons. The Labute approximate surface area is 105 Å². The fraction of sp³-hybridized carbons (Fsp3) is 0.462. The Morgan fingerprint density at radius 3 is 3.00 bits per heavy atom. The van der Waals surface area contributed by atoms with Gasteiger partial charge in [-0.1, -0.05) is 18.2 Å². The predicted molar refractivity (Wildman–Crippen MR) is 65.4 cm³/mol. The Kier molecular flexibility index (Phi) is 4.15. The fourth-order valence-corrected chi connectivity index (χ4v) is 2.21. The molecule has 18 heavy (non-hydrogen) atoms. The molecule has 0 radical (unpaired) electrons. The number of aliphatic hydroxyl groups excluding tert-OH is 1. The van der Waals surface area contributed by atoms with Gasteiger partial charge in [0.2, 0.25) is 0 Å². The van der Waals surface area contributed by atoms with Crippen LogP contribution in [0.25, 0.3) is 0 Å². The fourth-order valence-electron chi connectivity index (χ4n) is 2.21. The van der Waals surface area contributed by atoms with Gasteiger partial charge in [0.1, 0.15) is 5.82 Å². The summed E-state index contributed by atoms with van der Waals surface area (Å²) in [7, 11) is 0. The van der Waals surface area contributed by atoms with Crippen LogP contribution in [0.1, 0.15) is 18.4 Å². The summed E-state index contributed by atoms with van der Waals surface area (Å²) in [6.07, 6.45) is 1.72. The van der Waals surface area contributed by atoms with Crippen LogP contribution < -0.4 is 5.32 Å². The number of halogens is 1. The lowest BCUT2D eigenvalue weighted by molar-refractivity contribution is 0.157. The predicted octanol–water partition coefficient (Wildman–Crippen LogP) is 1.49. The molecule has 1 atom stereocenters. The van der Waals surface area contributed by atoms with E-state index in [4.69, 9.17) is 5.11 Å². The van der Waals surface area contributed by atoms with Crippen molar-refractivity contribution in [2.24, 2.45) is 0 Å². The summed E-state index contributed by atoms with van der Waals surface area (Å²) in [5.74, 6) is -0.321. The minimum absolute atomic E-state index is 0.0207. The standard InChI is InChI=1S/C13H17FN2O2/c14-12-6-2-1-4-10(12)8-15-13(18)16-7-3-5-11(16)9-17/h1-2,4,6,11,17H,3,5,7-9H2,(H,15,18)/t11-/m1/s1. The third kappa shape index (κ3) is 2.79. The summed E-state index contributed by atoms with van der Waals surface area (Å²) in [4.78, 5) is 13.5. The lowest BCUT2D eigenvalue weighted by atomic mass is 10.2. The molecule has 1 aromatic rings. The molecule has 1 saturated heterocycles. The number of aliphatic hydroxyl groups is 1. The van der Waals surface area contributed by atoms with Crippen molar-refractivity contribution >= 4 is 6.03 Å². The third-order valence-electron chi connectivity index (χ3n) is 3.24. The number of carbonyl (C=O) groups excluding carboxylic acids is 1. The maximum atomic E-state index is 13.4. The Morgan fingerprint density at radius 2 is 2.28 bits per heavy atom. The second-order valence-electron chi connectivity index (χ2n) is 4.42. The van der Waals surface area contributed by atoms with Crippen molar-refractivity contribution < 1.29 is 14.3 Å². The minimum atomic E-state index is -0.321. The Hall–Kier alpha value is -1.62. The average Bonchev–Trinajstić information content (AvgIpc) is 2.86. The number of nitrogens with one attached hydrogen (secondary N) is 1. The van der Waals surface area contributed by atoms with E-state index >= 15 is 0 Å². The second-order valence-corrected chi connectivity index (χ2v) is 4.42. The van der Waals surface area contributed by atoms with Crippen molar-refractivity contribution in [1.82, 2.24) is 10.2 Å². The number of nitrogens with zero attached hydrogens (tertiary/aromatic N) is 1. The van der Waals surface area contributed by atoms with Gasteiger partial charge in [-0.05, 0) is 18.9 Å². The second kappa shape index (κ2) is 5.82. The first-order valence-electron chi connectivity index (χ1n) is 6.11. The highest BCUT2D eigenvalue weighted by molar-refractivity contribution is 5.74. The highest BCUT2D eigenvalue weighted by Crippen LogP contribution is 2.16. The van der Waals surface area contributed by atoms with E-state index in [2.05, 4.69) is 5.32 Å².